The number of aromatic nitrogens is 2. The van der Waals surface area contributed by atoms with Crippen LogP contribution >= 0.6 is 0 Å². The van der Waals surface area contributed by atoms with Gasteiger partial charge in [0.05, 0.1) is 17.9 Å². The maximum absolute atomic E-state index is 13.9. The van der Waals surface area contributed by atoms with Crippen LogP contribution in [0.2, 0.25) is 0 Å². The Morgan fingerprint density at radius 2 is 1.50 bits per heavy atom. The molecule has 0 fully saturated rings. The number of nitrogens with zero attached hydrogens (tertiary/aromatic N) is 2. The largest absolute Gasteiger partial charge is 1.00 e. The number of carboxylic acid groups (broad SMARTS) is 1. The number of ether oxygens (including phenoxy) is 2. The number of carboxylic acids is 1. The molecule has 196 valence electrons. The Kier molecular flexibility index (Phi) is 9.82. The molecule has 0 saturated carbocycles. The number of aliphatic carboxylic acids is 1. The van der Waals surface area contributed by atoms with E-state index in [4.69, 9.17) is 14.5 Å². The quantitative estimate of drug-likeness (QED) is 0.197. The van der Waals surface area contributed by atoms with Crippen LogP contribution < -0.4 is 44.1 Å². The summed E-state index contributed by atoms with van der Waals surface area (Å²) in [6.07, 6.45) is 0.196. The van der Waals surface area contributed by atoms with E-state index in [1.807, 2.05) is 54.6 Å². The number of fused-ring (bicyclic) bond motifs is 1. The van der Waals surface area contributed by atoms with Gasteiger partial charge in [-0.25, -0.2) is 13.8 Å². The van der Waals surface area contributed by atoms with Crippen LogP contribution in [-0.4, -0.2) is 22.5 Å². The molecule has 4 aromatic carbocycles. The Hall–Kier alpha value is -3.85. The first-order valence-corrected chi connectivity index (χ1v) is 12.3. The van der Waals surface area contributed by atoms with Gasteiger partial charge in [0.2, 0.25) is 5.88 Å². The molecular formula is C31H23F2N2NaO4. The van der Waals surface area contributed by atoms with Crippen molar-refractivity contribution in [3.63, 3.8) is 0 Å². The van der Waals surface area contributed by atoms with Gasteiger partial charge in [0, 0.05) is 23.2 Å². The number of carbonyl (C=O) groups is 1. The molecule has 5 rings (SSSR count). The van der Waals surface area contributed by atoms with Crippen LogP contribution in [0.5, 0.6) is 11.6 Å². The summed E-state index contributed by atoms with van der Waals surface area (Å²) >= 11 is 0. The molecule has 1 heterocycles. The van der Waals surface area contributed by atoms with Crippen LogP contribution in [0, 0.1) is 11.6 Å². The molecule has 6 nitrogen and oxygen atoms in total. The van der Waals surface area contributed by atoms with Gasteiger partial charge < -0.3 is 19.4 Å². The number of halogens is 2. The van der Waals surface area contributed by atoms with Crippen molar-refractivity contribution in [3.05, 3.63) is 108 Å². The molecule has 0 aliphatic carbocycles. The minimum absolute atomic E-state index is 0. The zero-order chi connectivity index (χ0) is 27.2. The smallest absolute Gasteiger partial charge is 0.550 e. The molecule has 0 spiro atoms. The summed E-state index contributed by atoms with van der Waals surface area (Å²) in [5.74, 6) is -1.17. The van der Waals surface area contributed by atoms with Gasteiger partial charge in [-0.2, -0.15) is 4.98 Å². The molecule has 40 heavy (non-hydrogen) atoms. The Morgan fingerprint density at radius 1 is 0.775 bits per heavy atom. The topological polar surface area (TPSA) is 84.4 Å². The molecule has 0 aliphatic rings. The summed E-state index contributed by atoms with van der Waals surface area (Å²) in [5.41, 5.74) is 2.18. The van der Waals surface area contributed by atoms with Crippen LogP contribution in [0.3, 0.4) is 0 Å². The number of carbonyl (C=O) groups excluding carboxylic acids is 1. The van der Waals surface area contributed by atoms with Gasteiger partial charge >= 0.3 is 29.6 Å². The van der Waals surface area contributed by atoms with Crippen LogP contribution in [0.15, 0.2) is 91.0 Å². The molecule has 0 unspecified atom stereocenters. The van der Waals surface area contributed by atoms with Gasteiger partial charge in [0.25, 0.3) is 0 Å². The summed E-state index contributed by atoms with van der Waals surface area (Å²) < 4.78 is 39.3. The molecule has 1 aromatic heterocycles. The SMILES string of the molecule is O=C([O-])CCCOc1cc(-c2ccccc2)nc(-c2ccc3cc(OCc4c(F)cccc4F)ccc3c2)n1.[Na+]. The molecule has 0 saturated heterocycles. The minimum atomic E-state index is -1.13. The van der Waals surface area contributed by atoms with Crippen molar-refractivity contribution >= 4 is 16.7 Å². The Balaban J connectivity index is 0.00000370. The van der Waals surface area contributed by atoms with Crippen molar-refractivity contribution < 1.29 is 57.7 Å². The normalized spacial score (nSPS) is 10.7. The van der Waals surface area contributed by atoms with Crippen molar-refractivity contribution in [3.8, 4) is 34.3 Å². The molecule has 9 heteroatoms. The van der Waals surface area contributed by atoms with Gasteiger partial charge in [-0.15, -0.1) is 0 Å². The average molecular weight is 549 g/mol. The van der Waals surface area contributed by atoms with E-state index in [1.54, 1.807) is 18.2 Å². The van der Waals surface area contributed by atoms with Crippen molar-refractivity contribution in [1.82, 2.24) is 9.97 Å². The predicted molar refractivity (Wildman–Crippen MR) is 141 cm³/mol. The third-order valence-electron chi connectivity index (χ3n) is 6.06. The molecular weight excluding hydrogens is 525 g/mol. The molecule has 0 bridgehead atoms. The van der Waals surface area contributed by atoms with Gasteiger partial charge in [-0.1, -0.05) is 54.6 Å². The second-order valence-electron chi connectivity index (χ2n) is 8.82. The van der Waals surface area contributed by atoms with Crippen LogP contribution in [0.1, 0.15) is 18.4 Å². The first-order chi connectivity index (χ1) is 19.0. The summed E-state index contributed by atoms with van der Waals surface area (Å²) in [5, 5.41) is 12.5. The van der Waals surface area contributed by atoms with E-state index >= 15 is 0 Å². The number of rotatable bonds is 10. The second-order valence-corrected chi connectivity index (χ2v) is 8.82. The van der Waals surface area contributed by atoms with Crippen molar-refractivity contribution in [2.24, 2.45) is 0 Å². The first kappa shape index (κ1) is 29.1. The van der Waals surface area contributed by atoms with E-state index in [2.05, 4.69) is 4.98 Å². The Labute approximate surface area is 251 Å². The first-order valence-electron chi connectivity index (χ1n) is 12.3. The van der Waals surface area contributed by atoms with E-state index in [0.29, 0.717) is 29.6 Å². The molecule has 0 N–H and O–H groups in total. The zero-order valence-electron chi connectivity index (χ0n) is 21.8. The van der Waals surface area contributed by atoms with Gasteiger partial charge in [-0.05, 0) is 53.9 Å². The summed E-state index contributed by atoms with van der Waals surface area (Å²) in [7, 11) is 0. The maximum Gasteiger partial charge on any atom is 1.00 e. The van der Waals surface area contributed by atoms with E-state index in [0.717, 1.165) is 21.9 Å². The standard InChI is InChI=1S/C31H24F2N2O4.Na/c32-26-8-4-9-27(33)25(26)19-39-24-14-13-21-16-23(12-11-22(21)17-24)31-34-28(20-6-2-1-3-7-20)18-29(35-31)38-15-5-10-30(36)37;/h1-4,6-9,11-14,16-18H,5,10,15,19H2,(H,36,37);/q;+1/p-1. The van der Waals surface area contributed by atoms with Crippen molar-refractivity contribution in [2.75, 3.05) is 6.61 Å². The van der Waals surface area contributed by atoms with Crippen molar-refractivity contribution in [1.29, 1.82) is 0 Å². The summed E-state index contributed by atoms with van der Waals surface area (Å²) in [4.78, 5) is 20.0. The number of hydrogen-bond donors (Lipinski definition) is 0. The van der Waals surface area contributed by atoms with Crippen LogP contribution in [0.25, 0.3) is 33.4 Å². The molecule has 0 amide bonds. The Bertz CT molecular complexity index is 1610. The predicted octanol–water partition coefficient (Wildman–Crippen LogP) is 2.73. The van der Waals surface area contributed by atoms with Gasteiger partial charge in [0.1, 0.15) is 24.0 Å². The molecule has 0 radical (unpaired) electrons. The monoisotopic (exact) mass is 548 g/mol. The third-order valence-corrected chi connectivity index (χ3v) is 6.06. The van der Waals surface area contributed by atoms with E-state index in [9.17, 15) is 18.7 Å². The van der Waals surface area contributed by atoms with E-state index in [-0.39, 0.29) is 54.8 Å². The molecule has 0 atom stereocenters. The maximum atomic E-state index is 13.9. The minimum Gasteiger partial charge on any atom is -0.550 e. The fourth-order valence-corrected chi connectivity index (χ4v) is 4.06. The van der Waals surface area contributed by atoms with E-state index in [1.165, 1.54) is 18.2 Å². The van der Waals surface area contributed by atoms with Gasteiger partial charge in [0.15, 0.2) is 5.82 Å². The van der Waals surface area contributed by atoms with Crippen LogP contribution in [0.4, 0.5) is 8.78 Å². The number of hydrogen-bond acceptors (Lipinski definition) is 6. The zero-order valence-corrected chi connectivity index (χ0v) is 23.8. The average Bonchev–Trinajstić information content (AvgIpc) is 2.95. The fraction of sp³-hybridized carbons (Fsp3) is 0.129. The van der Waals surface area contributed by atoms with Crippen LogP contribution in [-0.2, 0) is 11.4 Å². The van der Waals surface area contributed by atoms with E-state index < -0.39 is 17.6 Å². The van der Waals surface area contributed by atoms with Gasteiger partial charge in [-0.3, -0.25) is 0 Å². The summed E-state index contributed by atoms with van der Waals surface area (Å²) in [6, 6.07) is 26.1. The molecule has 0 aliphatic heterocycles. The van der Waals surface area contributed by atoms with Crippen molar-refractivity contribution in [2.45, 2.75) is 19.4 Å². The molecule has 5 aromatic rings. The Morgan fingerprint density at radius 3 is 2.25 bits per heavy atom. The second kappa shape index (κ2) is 13.5. The fourth-order valence-electron chi connectivity index (χ4n) is 4.06. The third kappa shape index (κ3) is 7.21. The summed E-state index contributed by atoms with van der Waals surface area (Å²) in [6.45, 7) is -0.0517. The number of benzene rings is 4.